The average Bonchev–Trinajstić information content (AvgIpc) is 2.61. The summed E-state index contributed by atoms with van der Waals surface area (Å²) in [6, 6.07) is 19.0. The summed E-state index contributed by atoms with van der Waals surface area (Å²) in [6.45, 7) is 6.69. The van der Waals surface area contributed by atoms with Crippen molar-refractivity contribution in [2.24, 2.45) is 0 Å². The molecule has 3 heteroatoms. The minimum atomic E-state index is 0.288. The van der Waals surface area contributed by atoms with E-state index in [-0.39, 0.29) is 5.91 Å². The number of rotatable bonds is 5. The molecular formula is C21H26N2O. The number of aryl methyl sites for hydroxylation is 2. The van der Waals surface area contributed by atoms with Gasteiger partial charge in [-0.25, -0.2) is 0 Å². The summed E-state index contributed by atoms with van der Waals surface area (Å²) in [5, 5.41) is 0. The number of hydrogen-bond donors (Lipinski definition) is 0. The van der Waals surface area contributed by atoms with E-state index in [1.54, 1.807) is 0 Å². The van der Waals surface area contributed by atoms with Gasteiger partial charge in [0.05, 0.1) is 0 Å². The van der Waals surface area contributed by atoms with E-state index in [0.717, 1.165) is 39.1 Å². The molecule has 0 spiro atoms. The molecule has 0 bridgehead atoms. The van der Waals surface area contributed by atoms with Crippen LogP contribution in [0, 0.1) is 6.92 Å². The predicted molar refractivity (Wildman–Crippen MR) is 97.8 cm³/mol. The molecule has 1 aliphatic heterocycles. The molecule has 0 radical (unpaired) electrons. The molecule has 1 heterocycles. The lowest BCUT2D eigenvalue weighted by Gasteiger charge is -2.34. The standard InChI is InChI=1S/C21H26N2O/c1-18-6-5-9-19(16-18)10-11-21(24)23-14-12-22(13-15-23)17-20-7-3-2-4-8-20/h2-9,16H,10-15,17H2,1H3. The first-order valence-electron chi connectivity index (χ1n) is 8.80. The fourth-order valence-electron chi connectivity index (χ4n) is 3.27. The minimum Gasteiger partial charge on any atom is -0.340 e. The number of carbonyl (C=O) groups excluding carboxylic acids is 1. The Balaban J connectivity index is 1.43. The Labute approximate surface area is 144 Å². The Kier molecular flexibility index (Phi) is 5.65. The number of nitrogens with zero attached hydrogens (tertiary/aromatic N) is 2. The fourth-order valence-corrected chi connectivity index (χ4v) is 3.27. The monoisotopic (exact) mass is 322 g/mol. The summed E-state index contributed by atoms with van der Waals surface area (Å²) in [4.78, 5) is 16.9. The van der Waals surface area contributed by atoms with E-state index in [2.05, 4.69) is 60.4 Å². The molecule has 1 aliphatic rings. The van der Waals surface area contributed by atoms with Crippen molar-refractivity contribution < 1.29 is 4.79 Å². The van der Waals surface area contributed by atoms with Crippen molar-refractivity contribution in [3.8, 4) is 0 Å². The van der Waals surface area contributed by atoms with Gasteiger partial charge in [-0.05, 0) is 24.5 Å². The third-order valence-corrected chi connectivity index (χ3v) is 4.68. The van der Waals surface area contributed by atoms with Crippen LogP contribution in [0.1, 0.15) is 23.1 Å². The van der Waals surface area contributed by atoms with E-state index in [1.807, 2.05) is 11.0 Å². The van der Waals surface area contributed by atoms with Crippen LogP contribution in [0.4, 0.5) is 0 Å². The predicted octanol–water partition coefficient (Wildman–Crippen LogP) is 3.27. The molecule has 2 aromatic rings. The lowest BCUT2D eigenvalue weighted by molar-refractivity contribution is -0.133. The summed E-state index contributed by atoms with van der Waals surface area (Å²) < 4.78 is 0. The molecule has 0 unspecified atom stereocenters. The molecule has 3 rings (SSSR count). The van der Waals surface area contributed by atoms with Crippen LogP contribution in [0.5, 0.6) is 0 Å². The quantitative estimate of drug-likeness (QED) is 0.843. The normalized spacial score (nSPS) is 15.5. The second-order valence-electron chi connectivity index (χ2n) is 6.63. The first-order valence-corrected chi connectivity index (χ1v) is 8.80. The van der Waals surface area contributed by atoms with Gasteiger partial charge < -0.3 is 4.90 Å². The van der Waals surface area contributed by atoms with Crippen molar-refractivity contribution in [3.63, 3.8) is 0 Å². The first kappa shape index (κ1) is 16.7. The number of carbonyl (C=O) groups is 1. The van der Waals surface area contributed by atoms with Crippen molar-refractivity contribution in [1.29, 1.82) is 0 Å². The number of benzene rings is 2. The van der Waals surface area contributed by atoms with Gasteiger partial charge in [-0.2, -0.15) is 0 Å². The van der Waals surface area contributed by atoms with Crippen molar-refractivity contribution >= 4 is 5.91 Å². The topological polar surface area (TPSA) is 23.6 Å². The highest BCUT2D eigenvalue weighted by molar-refractivity contribution is 5.76. The molecular weight excluding hydrogens is 296 g/mol. The van der Waals surface area contributed by atoms with Crippen LogP contribution in [0.15, 0.2) is 54.6 Å². The molecule has 24 heavy (non-hydrogen) atoms. The highest BCUT2D eigenvalue weighted by Gasteiger charge is 2.20. The molecule has 0 saturated carbocycles. The Morgan fingerprint density at radius 1 is 0.917 bits per heavy atom. The van der Waals surface area contributed by atoms with Crippen LogP contribution in [0.25, 0.3) is 0 Å². The largest absolute Gasteiger partial charge is 0.340 e. The van der Waals surface area contributed by atoms with Gasteiger partial charge in [0.1, 0.15) is 0 Å². The molecule has 1 saturated heterocycles. The van der Waals surface area contributed by atoms with Gasteiger partial charge in [-0.1, -0.05) is 60.2 Å². The lowest BCUT2D eigenvalue weighted by atomic mass is 10.1. The fraction of sp³-hybridized carbons (Fsp3) is 0.381. The summed E-state index contributed by atoms with van der Waals surface area (Å²) >= 11 is 0. The van der Waals surface area contributed by atoms with Gasteiger partial charge in [0.2, 0.25) is 5.91 Å². The van der Waals surface area contributed by atoms with E-state index >= 15 is 0 Å². The third-order valence-electron chi connectivity index (χ3n) is 4.68. The molecule has 2 aromatic carbocycles. The van der Waals surface area contributed by atoms with Crippen LogP contribution >= 0.6 is 0 Å². The van der Waals surface area contributed by atoms with Gasteiger partial charge in [0, 0.05) is 39.1 Å². The van der Waals surface area contributed by atoms with E-state index in [0.29, 0.717) is 6.42 Å². The molecule has 126 valence electrons. The lowest BCUT2D eigenvalue weighted by Crippen LogP contribution is -2.48. The van der Waals surface area contributed by atoms with Crippen LogP contribution in [-0.2, 0) is 17.8 Å². The Morgan fingerprint density at radius 2 is 1.62 bits per heavy atom. The van der Waals surface area contributed by atoms with E-state index in [9.17, 15) is 4.79 Å². The molecule has 3 nitrogen and oxygen atoms in total. The SMILES string of the molecule is Cc1cccc(CCC(=O)N2CCN(Cc3ccccc3)CC2)c1. The molecule has 1 fully saturated rings. The van der Waals surface area contributed by atoms with Crippen molar-refractivity contribution in [2.75, 3.05) is 26.2 Å². The maximum atomic E-state index is 12.4. The van der Waals surface area contributed by atoms with E-state index in [4.69, 9.17) is 0 Å². The zero-order valence-electron chi connectivity index (χ0n) is 14.4. The second-order valence-corrected chi connectivity index (χ2v) is 6.63. The Bertz CT molecular complexity index is 661. The molecule has 0 aromatic heterocycles. The Morgan fingerprint density at radius 3 is 2.33 bits per heavy atom. The highest BCUT2D eigenvalue weighted by atomic mass is 16.2. The van der Waals surface area contributed by atoms with Gasteiger partial charge in [0.25, 0.3) is 0 Å². The van der Waals surface area contributed by atoms with Gasteiger partial charge in [0.15, 0.2) is 0 Å². The van der Waals surface area contributed by atoms with Crippen molar-refractivity contribution in [2.45, 2.75) is 26.3 Å². The summed E-state index contributed by atoms with van der Waals surface area (Å²) in [5.74, 6) is 0.288. The van der Waals surface area contributed by atoms with Crippen LogP contribution in [-0.4, -0.2) is 41.9 Å². The van der Waals surface area contributed by atoms with Crippen molar-refractivity contribution in [1.82, 2.24) is 9.80 Å². The van der Waals surface area contributed by atoms with Gasteiger partial charge in [-0.3, -0.25) is 9.69 Å². The Hall–Kier alpha value is -2.13. The highest BCUT2D eigenvalue weighted by Crippen LogP contribution is 2.11. The summed E-state index contributed by atoms with van der Waals surface area (Å²) in [7, 11) is 0. The number of hydrogen-bond acceptors (Lipinski definition) is 2. The maximum Gasteiger partial charge on any atom is 0.222 e. The van der Waals surface area contributed by atoms with Gasteiger partial charge >= 0.3 is 0 Å². The summed E-state index contributed by atoms with van der Waals surface area (Å²) in [5.41, 5.74) is 3.86. The molecule has 0 atom stereocenters. The van der Waals surface area contributed by atoms with Crippen LogP contribution in [0.3, 0.4) is 0 Å². The number of amides is 1. The summed E-state index contributed by atoms with van der Waals surface area (Å²) in [6.07, 6.45) is 1.45. The first-order chi connectivity index (χ1) is 11.7. The third kappa shape index (κ3) is 4.68. The van der Waals surface area contributed by atoms with Crippen LogP contribution < -0.4 is 0 Å². The van der Waals surface area contributed by atoms with E-state index in [1.165, 1.54) is 16.7 Å². The smallest absolute Gasteiger partial charge is 0.222 e. The minimum absolute atomic E-state index is 0.288. The molecule has 1 amide bonds. The molecule has 0 aliphatic carbocycles. The zero-order valence-corrected chi connectivity index (χ0v) is 14.4. The zero-order chi connectivity index (χ0) is 16.8. The maximum absolute atomic E-state index is 12.4. The van der Waals surface area contributed by atoms with E-state index < -0.39 is 0 Å². The van der Waals surface area contributed by atoms with Crippen LogP contribution in [0.2, 0.25) is 0 Å². The number of piperazine rings is 1. The van der Waals surface area contributed by atoms with Gasteiger partial charge in [-0.15, -0.1) is 0 Å². The molecule has 0 N–H and O–H groups in total. The average molecular weight is 322 g/mol. The van der Waals surface area contributed by atoms with Crippen molar-refractivity contribution in [3.05, 3.63) is 71.3 Å². The second kappa shape index (κ2) is 8.11.